The van der Waals surface area contributed by atoms with E-state index in [2.05, 4.69) is 0 Å². The number of alkyl halides is 6. The molecule has 114 valence electrons. The molecule has 0 fully saturated rings. The van der Waals surface area contributed by atoms with Gasteiger partial charge in [0, 0.05) is 0 Å². The van der Waals surface area contributed by atoms with Crippen molar-refractivity contribution in [3.63, 3.8) is 0 Å². The number of halogens is 6. The van der Waals surface area contributed by atoms with Crippen molar-refractivity contribution in [3.05, 3.63) is 29.3 Å². The summed E-state index contributed by atoms with van der Waals surface area (Å²) in [5.74, 6) is -0.454. The number of ether oxygens (including phenoxy) is 1. The SMILES string of the molecule is NCCCCOc1cc(C(F)(F)F)cc(C(F)(F)F)c1. The molecule has 1 aromatic rings. The molecule has 0 bridgehead atoms. The van der Waals surface area contributed by atoms with Crippen molar-refractivity contribution < 1.29 is 31.1 Å². The highest BCUT2D eigenvalue weighted by Gasteiger charge is 2.37. The lowest BCUT2D eigenvalue weighted by atomic mass is 10.1. The molecule has 0 aromatic heterocycles. The Balaban J connectivity index is 2.99. The van der Waals surface area contributed by atoms with Crippen LogP contribution in [-0.4, -0.2) is 13.2 Å². The van der Waals surface area contributed by atoms with Crippen LogP contribution in [0.15, 0.2) is 18.2 Å². The highest BCUT2D eigenvalue weighted by molar-refractivity contribution is 5.37. The molecule has 0 saturated carbocycles. The molecule has 2 N–H and O–H groups in total. The standard InChI is InChI=1S/C12H13F6NO/c13-11(14,15)8-5-9(12(16,17)18)7-10(6-8)20-4-2-1-3-19/h5-7H,1-4,19H2. The Morgan fingerprint density at radius 1 is 0.850 bits per heavy atom. The molecule has 0 aliphatic carbocycles. The van der Waals surface area contributed by atoms with Gasteiger partial charge < -0.3 is 10.5 Å². The number of nitrogens with two attached hydrogens (primary N) is 1. The van der Waals surface area contributed by atoms with Gasteiger partial charge in [-0.05, 0) is 37.6 Å². The van der Waals surface area contributed by atoms with E-state index in [9.17, 15) is 26.3 Å². The summed E-state index contributed by atoms with van der Waals surface area (Å²) in [5, 5.41) is 0. The van der Waals surface area contributed by atoms with Crippen LogP contribution < -0.4 is 10.5 Å². The molecule has 0 aliphatic rings. The van der Waals surface area contributed by atoms with E-state index < -0.39 is 29.2 Å². The predicted molar refractivity (Wildman–Crippen MR) is 60.2 cm³/mol. The van der Waals surface area contributed by atoms with Crippen LogP contribution in [-0.2, 0) is 12.4 Å². The molecular weight excluding hydrogens is 288 g/mol. The van der Waals surface area contributed by atoms with Crippen LogP contribution in [0.4, 0.5) is 26.3 Å². The number of hydrogen-bond acceptors (Lipinski definition) is 2. The van der Waals surface area contributed by atoms with Crippen molar-refractivity contribution in [3.8, 4) is 5.75 Å². The van der Waals surface area contributed by atoms with Crippen LogP contribution in [0.1, 0.15) is 24.0 Å². The third kappa shape index (κ3) is 4.92. The average Bonchev–Trinajstić information content (AvgIpc) is 2.32. The third-order valence-corrected chi connectivity index (χ3v) is 2.43. The van der Waals surface area contributed by atoms with Gasteiger partial charge in [0.25, 0.3) is 0 Å². The second kappa shape index (κ2) is 6.34. The van der Waals surface area contributed by atoms with E-state index >= 15 is 0 Å². The molecule has 8 heteroatoms. The van der Waals surface area contributed by atoms with Gasteiger partial charge in [0.2, 0.25) is 0 Å². The Hall–Kier alpha value is -1.44. The maximum atomic E-state index is 12.5. The van der Waals surface area contributed by atoms with Gasteiger partial charge in [-0.2, -0.15) is 26.3 Å². The van der Waals surface area contributed by atoms with Crippen LogP contribution in [0.25, 0.3) is 0 Å². The molecule has 0 heterocycles. The van der Waals surface area contributed by atoms with E-state index in [0.29, 0.717) is 31.5 Å². The highest BCUT2D eigenvalue weighted by atomic mass is 19.4. The Kier molecular flexibility index (Phi) is 5.27. The van der Waals surface area contributed by atoms with Crippen molar-refractivity contribution in [2.24, 2.45) is 5.73 Å². The zero-order valence-corrected chi connectivity index (χ0v) is 10.3. The summed E-state index contributed by atoms with van der Waals surface area (Å²) in [7, 11) is 0. The Morgan fingerprint density at radius 2 is 1.35 bits per heavy atom. The summed E-state index contributed by atoms with van der Waals surface area (Å²) >= 11 is 0. The third-order valence-electron chi connectivity index (χ3n) is 2.43. The molecule has 0 amide bonds. The van der Waals surface area contributed by atoms with Gasteiger partial charge in [0.15, 0.2) is 0 Å². The lowest BCUT2D eigenvalue weighted by Crippen LogP contribution is -2.12. The summed E-state index contributed by atoms with van der Waals surface area (Å²) < 4.78 is 80.2. The second-order valence-corrected chi connectivity index (χ2v) is 4.09. The Labute approximate surface area is 111 Å². The van der Waals surface area contributed by atoms with Crippen LogP contribution in [0.5, 0.6) is 5.75 Å². The topological polar surface area (TPSA) is 35.2 Å². The zero-order chi connectivity index (χ0) is 15.4. The van der Waals surface area contributed by atoms with Gasteiger partial charge in [0.1, 0.15) is 5.75 Å². The minimum Gasteiger partial charge on any atom is -0.494 e. The summed E-state index contributed by atoms with van der Waals surface area (Å²) in [6.45, 7) is 0.384. The molecule has 1 aromatic carbocycles. The minimum atomic E-state index is -4.86. The molecule has 0 spiro atoms. The molecule has 0 unspecified atom stereocenters. The smallest absolute Gasteiger partial charge is 0.416 e. The van der Waals surface area contributed by atoms with E-state index in [1.54, 1.807) is 0 Å². The first-order valence-electron chi connectivity index (χ1n) is 5.77. The summed E-state index contributed by atoms with van der Waals surface area (Å²) in [6.07, 6.45) is -8.70. The lowest BCUT2D eigenvalue weighted by molar-refractivity contribution is -0.143. The number of unbranched alkanes of at least 4 members (excludes halogenated alkanes) is 1. The highest BCUT2D eigenvalue weighted by Crippen LogP contribution is 2.38. The molecule has 0 radical (unpaired) electrons. The largest absolute Gasteiger partial charge is 0.494 e. The first-order valence-corrected chi connectivity index (χ1v) is 5.77. The van der Waals surface area contributed by atoms with Crippen molar-refractivity contribution in [2.45, 2.75) is 25.2 Å². The van der Waals surface area contributed by atoms with Gasteiger partial charge in [-0.1, -0.05) is 0 Å². The van der Waals surface area contributed by atoms with Crippen LogP contribution in [0.2, 0.25) is 0 Å². The van der Waals surface area contributed by atoms with Crippen LogP contribution >= 0.6 is 0 Å². The fraction of sp³-hybridized carbons (Fsp3) is 0.500. The maximum absolute atomic E-state index is 12.5. The summed E-state index contributed by atoms with van der Waals surface area (Å²) in [6, 6.07) is 1.17. The summed E-state index contributed by atoms with van der Waals surface area (Å²) in [5.41, 5.74) is 2.44. The van der Waals surface area contributed by atoms with Gasteiger partial charge in [-0.3, -0.25) is 0 Å². The monoisotopic (exact) mass is 301 g/mol. The van der Waals surface area contributed by atoms with Gasteiger partial charge >= 0.3 is 12.4 Å². The van der Waals surface area contributed by atoms with E-state index in [0.717, 1.165) is 0 Å². The fourth-order valence-corrected chi connectivity index (χ4v) is 1.45. The normalized spacial score (nSPS) is 12.6. The van der Waals surface area contributed by atoms with Gasteiger partial charge in [-0.25, -0.2) is 0 Å². The maximum Gasteiger partial charge on any atom is 0.416 e. The van der Waals surface area contributed by atoms with E-state index in [4.69, 9.17) is 10.5 Å². The Bertz CT molecular complexity index is 408. The molecular formula is C12H13F6NO. The molecule has 0 atom stereocenters. The minimum absolute atomic E-state index is 0.00973. The molecule has 2 nitrogen and oxygen atoms in total. The molecule has 1 rings (SSSR count). The van der Waals surface area contributed by atoms with Crippen molar-refractivity contribution in [1.29, 1.82) is 0 Å². The van der Waals surface area contributed by atoms with Crippen molar-refractivity contribution >= 4 is 0 Å². The molecule has 0 saturated heterocycles. The predicted octanol–water partition coefficient (Wildman–Crippen LogP) is 3.84. The molecule has 20 heavy (non-hydrogen) atoms. The van der Waals surface area contributed by atoms with E-state index in [-0.39, 0.29) is 12.7 Å². The number of rotatable bonds is 5. The molecule has 0 aliphatic heterocycles. The van der Waals surface area contributed by atoms with Gasteiger partial charge in [0.05, 0.1) is 17.7 Å². The zero-order valence-electron chi connectivity index (χ0n) is 10.3. The first kappa shape index (κ1) is 16.6. The fourth-order valence-electron chi connectivity index (χ4n) is 1.45. The van der Waals surface area contributed by atoms with Crippen molar-refractivity contribution in [1.82, 2.24) is 0 Å². The quantitative estimate of drug-likeness (QED) is 0.662. The lowest BCUT2D eigenvalue weighted by Gasteiger charge is -2.14. The number of benzene rings is 1. The second-order valence-electron chi connectivity index (χ2n) is 4.09. The van der Waals surface area contributed by atoms with E-state index in [1.807, 2.05) is 0 Å². The van der Waals surface area contributed by atoms with E-state index in [1.165, 1.54) is 0 Å². The van der Waals surface area contributed by atoms with Gasteiger partial charge in [-0.15, -0.1) is 0 Å². The Morgan fingerprint density at radius 3 is 1.75 bits per heavy atom. The summed E-state index contributed by atoms with van der Waals surface area (Å²) in [4.78, 5) is 0. The van der Waals surface area contributed by atoms with Crippen LogP contribution in [0, 0.1) is 0 Å². The van der Waals surface area contributed by atoms with Crippen molar-refractivity contribution in [2.75, 3.05) is 13.2 Å². The van der Waals surface area contributed by atoms with Crippen LogP contribution in [0.3, 0.4) is 0 Å². The average molecular weight is 301 g/mol. The number of hydrogen-bond donors (Lipinski definition) is 1. The first-order chi connectivity index (χ1) is 9.14.